The zero-order valence-corrected chi connectivity index (χ0v) is 38.3. The van der Waals surface area contributed by atoms with Crippen molar-refractivity contribution < 1.29 is 14.3 Å². The van der Waals surface area contributed by atoms with Gasteiger partial charge in [0, 0.05) is 24.1 Å². The Hall–Kier alpha value is -3.42. The Morgan fingerprint density at radius 2 is 1.58 bits per heavy atom. The first-order valence-electron chi connectivity index (χ1n) is 23.0. The second kappa shape index (κ2) is 30.6. The van der Waals surface area contributed by atoms with Crippen LogP contribution in [0.3, 0.4) is 0 Å². The van der Waals surface area contributed by atoms with Crippen LogP contribution in [-0.2, 0) is 16.1 Å². The number of hydrogen-bond donors (Lipinski definition) is 4. The molecule has 2 aliphatic carbocycles. The van der Waals surface area contributed by atoms with Crippen molar-refractivity contribution in [3.05, 3.63) is 64.8 Å². The number of carbonyl (C=O) groups excluding carboxylic acids is 2. The number of hydrogen-bond acceptors (Lipinski definition) is 5. The Morgan fingerprint density at radius 1 is 0.947 bits per heavy atom. The van der Waals surface area contributed by atoms with E-state index in [0.717, 1.165) is 60.7 Å². The summed E-state index contributed by atoms with van der Waals surface area (Å²) in [5.41, 5.74) is 4.94. The van der Waals surface area contributed by atoms with Crippen molar-refractivity contribution in [1.82, 2.24) is 20.6 Å². The van der Waals surface area contributed by atoms with Crippen LogP contribution in [-0.4, -0.2) is 33.7 Å². The number of nitrogens with zero attached hydrogens (tertiary/aromatic N) is 1. The number of aromatic amines is 1. The second-order valence-corrected chi connectivity index (χ2v) is 16.4. The number of aromatic nitrogens is 2. The van der Waals surface area contributed by atoms with E-state index in [1.165, 1.54) is 76.2 Å². The fraction of sp³-hybridized carbons (Fsp3) is 0.714. The smallest absolute Gasteiger partial charge is 0.408 e. The number of imidazole rings is 1. The first kappa shape index (κ1) is 51.6. The molecule has 8 nitrogen and oxygen atoms in total. The number of alkyl carbamates (subject to hydrolysis) is 1. The summed E-state index contributed by atoms with van der Waals surface area (Å²) in [5.74, 6) is 3.00. The number of ether oxygens (including phenoxy) is 1. The molecule has 324 valence electrons. The van der Waals surface area contributed by atoms with E-state index < -0.39 is 0 Å². The normalized spacial score (nSPS) is 19.8. The minimum absolute atomic E-state index is 0.0482. The van der Waals surface area contributed by atoms with E-state index in [2.05, 4.69) is 69.1 Å². The van der Waals surface area contributed by atoms with E-state index in [0.29, 0.717) is 30.0 Å². The molecule has 1 aromatic heterocycles. The Kier molecular flexibility index (Phi) is 27.7. The molecular weight excluding hydrogens is 707 g/mol. The molecule has 0 spiro atoms. The van der Waals surface area contributed by atoms with Crippen LogP contribution in [0.5, 0.6) is 0 Å². The minimum Gasteiger partial charge on any atom is -0.445 e. The SMILES string of the molecule is CC.CCC(C)=C(C)C(=N)CC1C(=O)NC2CC1C2.CCCC.CCCCCC(C)CC.Cc1ncc(C(NC(=O)OCc2ccccc2)C2CCCCCC2)[nH]1. The quantitative estimate of drug-likeness (QED) is 0.0815. The van der Waals surface area contributed by atoms with Gasteiger partial charge < -0.3 is 25.8 Å². The highest BCUT2D eigenvalue weighted by molar-refractivity contribution is 6.00. The molecule has 4 aliphatic rings. The lowest BCUT2D eigenvalue weighted by Crippen LogP contribution is -2.57. The van der Waals surface area contributed by atoms with Crippen molar-refractivity contribution in [2.75, 3.05) is 0 Å². The molecule has 2 saturated heterocycles. The Balaban J connectivity index is 0.000000438. The molecule has 3 atom stereocenters. The van der Waals surface area contributed by atoms with Crippen molar-refractivity contribution in [3.8, 4) is 0 Å². The summed E-state index contributed by atoms with van der Waals surface area (Å²) in [6.07, 6.45) is 22.2. The summed E-state index contributed by atoms with van der Waals surface area (Å²) in [4.78, 5) is 31.8. The number of aryl methyl sites for hydroxylation is 1. The average Bonchev–Trinajstić information content (AvgIpc) is 3.47. The first-order chi connectivity index (χ1) is 27.5. The molecule has 2 saturated carbocycles. The number of benzene rings is 1. The van der Waals surface area contributed by atoms with Gasteiger partial charge in [-0.15, -0.1) is 0 Å². The lowest BCUT2D eigenvalue weighted by molar-refractivity contribution is -0.135. The summed E-state index contributed by atoms with van der Waals surface area (Å²) in [6, 6.07) is 10.1. The molecule has 4 N–H and O–H groups in total. The highest BCUT2D eigenvalue weighted by Crippen LogP contribution is 2.40. The van der Waals surface area contributed by atoms with E-state index in [4.69, 9.17) is 10.1 Å². The van der Waals surface area contributed by atoms with Crippen molar-refractivity contribution in [2.24, 2.45) is 23.7 Å². The Bertz CT molecular complexity index is 1390. The van der Waals surface area contributed by atoms with E-state index in [1.54, 1.807) is 0 Å². The van der Waals surface area contributed by atoms with Crippen LogP contribution in [0.4, 0.5) is 4.79 Å². The van der Waals surface area contributed by atoms with Gasteiger partial charge in [-0.2, -0.15) is 0 Å². The number of unbranched alkanes of at least 4 members (excludes halogenated alkanes) is 3. The molecule has 6 rings (SSSR count). The van der Waals surface area contributed by atoms with E-state index in [1.807, 2.05) is 64.2 Å². The van der Waals surface area contributed by atoms with Crippen LogP contribution < -0.4 is 10.6 Å². The average molecular weight is 792 g/mol. The van der Waals surface area contributed by atoms with E-state index in [9.17, 15) is 9.59 Å². The fourth-order valence-electron chi connectivity index (χ4n) is 7.32. The fourth-order valence-corrected chi connectivity index (χ4v) is 7.32. The number of fused-ring (bicyclic) bond motifs is 2. The number of nitrogens with one attached hydrogen (secondary N) is 4. The molecule has 2 bridgehead atoms. The molecule has 0 radical (unpaired) electrons. The lowest BCUT2D eigenvalue weighted by atomic mass is 9.66. The van der Waals surface area contributed by atoms with Gasteiger partial charge in [0.2, 0.25) is 5.91 Å². The maximum absolute atomic E-state index is 12.4. The van der Waals surface area contributed by atoms with Crippen LogP contribution in [0.25, 0.3) is 0 Å². The van der Waals surface area contributed by atoms with Gasteiger partial charge in [0.15, 0.2) is 0 Å². The zero-order chi connectivity index (χ0) is 42.6. The molecule has 2 amide bonds. The van der Waals surface area contributed by atoms with E-state index >= 15 is 0 Å². The summed E-state index contributed by atoms with van der Waals surface area (Å²) < 4.78 is 5.42. The summed E-state index contributed by atoms with van der Waals surface area (Å²) in [7, 11) is 0. The predicted octanol–water partition coefficient (Wildman–Crippen LogP) is 13.8. The molecule has 3 unspecified atom stereocenters. The maximum Gasteiger partial charge on any atom is 0.408 e. The molecule has 8 heteroatoms. The van der Waals surface area contributed by atoms with Gasteiger partial charge in [-0.1, -0.05) is 162 Å². The molecule has 4 fully saturated rings. The predicted molar refractivity (Wildman–Crippen MR) is 242 cm³/mol. The zero-order valence-electron chi connectivity index (χ0n) is 38.3. The van der Waals surface area contributed by atoms with E-state index in [-0.39, 0.29) is 30.6 Å². The number of piperidine rings is 2. The third kappa shape index (κ3) is 20.2. The first-order valence-corrected chi connectivity index (χ1v) is 23.0. The number of allylic oxidation sites excluding steroid dienone is 2. The van der Waals surface area contributed by atoms with Gasteiger partial charge in [0.25, 0.3) is 0 Å². The van der Waals surface area contributed by atoms with Crippen molar-refractivity contribution in [2.45, 2.75) is 204 Å². The summed E-state index contributed by atoms with van der Waals surface area (Å²) >= 11 is 0. The minimum atomic E-state index is -0.370. The third-order valence-electron chi connectivity index (χ3n) is 11.9. The summed E-state index contributed by atoms with van der Waals surface area (Å²) in [5, 5.41) is 14.2. The maximum atomic E-state index is 12.4. The number of H-pyrrole nitrogens is 1. The van der Waals surface area contributed by atoms with Gasteiger partial charge in [-0.3, -0.25) is 4.79 Å². The van der Waals surface area contributed by atoms with Crippen molar-refractivity contribution in [3.63, 3.8) is 0 Å². The molecule has 1 aromatic carbocycles. The van der Waals surface area contributed by atoms with Crippen LogP contribution >= 0.6 is 0 Å². The van der Waals surface area contributed by atoms with Crippen molar-refractivity contribution >= 4 is 17.7 Å². The lowest BCUT2D eigenvalue weighted by Gasteiger charge is -2.46. The highest BCUT2D eigenvalue weighted by atomic mass is 16.5. The van der Waals surface area contributed by atoms with Crippen LogP contribution in [0.2, 0.25) is 0 Å². The third-order valence-corrected chi connectivity index (χ3v) is 11.9. The highest BCUT2D eigenvalue weighted by Gasteiger charge is 2.45. The standard InChI is InChI=1S/C20H27N3O2.C14H22N2O.C9H20.C4H10.C2H6/c1-15-21-13-18(22-15)19(17-11-7-2-3-8-12-17)23-20(24)25-14-16-9-5-4-6-10-16;1-4-8(2)9(3)13(15)7-12-10-5-11(6-10)16-14(12)17;1-4-6-7-8-9(3)5-2;1-3-4-2;1-2/h4-6,9-10,13,17,19H,2-3,7-8,11-12,14H2,1H3,(H,21,22)(H,23,24);10-12,15H,4-7H2,1-3H3,(H,16,17);9H,4-8H2,1-3H3;3-4H2,1-2H3;1-2H3. The van der Waals surface area contributed by atoms with Crippen LogP contribution in [0, 0.1) is 36.0 Å². The number of amides is 2. The van der Waals surface area contributed by atoms with Gasteiger partial charge in [-0.25, -0.2) is 9.78 Å². The van der Waals surface area contributed by atoms with Crippen LogP contribution in [0.1, 0.15) is 202 Å². The monoisotopic (exact) mass is 792 g/mol. The Labute approximate surface area is 349 Å². The van der Waals surface area contributed by atoms with Crippen LogP contribution in [0.15, 0.2) is 47.7 Å². The Morgan fingerprint density at radius 3 is 2.09 bits per heavy atom. The molecule has 2 aliphatic heterocycles. The van der Waals surface area contributed by atoms with Gasteiger partial charge in [-0.05, 0) is 81.8 Å². The summed E-state index contributed by atoms with van der Waals surface area (Å²) in [6.45, 7) is 23.6. The number of rotatable bonds is 15. The van der Waals surface area contributed by atoms with Gasteiger partial charge in [0.05, 0.1) is 17.9 Å². The largest absolute Gasteiger partial charge is 0.445 e. The topological polar surface area (TPSA) is 120 Å². The van der Waals surface area contributed by atoms with Gasteiger partial charge in [0.1, 0.15) is 12.4 Å². The molecule has 3 heterocycles. The van der Waals surface area contributed by atoms with Gasteiger partial charge >= 0.3 is 6.09 Å². The molecule has 57 heavy (non-hydrogen) atoms. The van der Waals surface area contributed by atoms with Crippen molar-refractivity contribution in [1.29, 1.82) is 5.41 Å². The molecule has 2 aromatic rings. The molecular formula is C49H85N5O3. The number of carbonyl (C=O) groups is 2. The second-order valence-electron chi connectivity index (χ2n) is 16.4.